The van der Waals surface area contributed by atoms with Crippen LogP contribution in [-0.2, 0) is 27.9 Å². The number of rotatable bonds is 8. The van der Waals surface area contributed by atoms with E-state index in [4.69, 9.17) is 4.84 Å². The van der Waals surface area contributed by atoms with Gasteiger partial charge in [0.15, 0.2) is 0 Å². The Kier molecular flexibility index (Phi) is 8.25. The Hall–Kier alpha value is -2.47. The highest BCUT2D eigenvalue weighted by Gasteiger charge is 2.36. The first-order valence-corrected chi connectivity index (χ1v) is 12.6. The van der Waals surface area contributed by atoms with E-state index in [1.54, 1.807) is 32.3 Å². The monoisotopic (exact) mass is 513 g/mol. The molecule has 7 nitrogen and oxygen atoms in total. The molecule has 0 atom stereocenters. The zero-order valence-electron chi connectivity index (χ0n) is 19.9. The predicted octanol–water partition coefficient (Wildman–Crippen LogP) is 3.76. The smallest absolute Gasteiger partial charge is 0.345 e. The summed E-state index contributed by atoms with van der Waals surface area (Å²) in [6.07, 6.45) is -4.48. The van der Waals surface area contributed by atoms with E-state index >= 15 is 0 Å². The van der Waals surface area contributed by atoms with Crippen molar-refractivity contribution in [3.8, 4) is 0 Å². The van der Waals surface area contributed by atoms with Crippen LogP contribution in [0, 0.1) is 0 Å². The molecular weight excluding hydrogens is 483 g/mol. The van der Waals surface area contributed by atoms with Gasteiger partial charge in [0.2, 0.25) is 10.0 Å². The maximum atomic E-state index is 12.9. The maximum absolute atomic E-state index is 12.9. The number of piperidine rings is 1. The Balaban J connectivity index is 1.54. The highest BCUT2D eigenvalue weighted by Crippen LogP contribution is 2.28. The van der Waals surface area contributed by atoms with Gasteiger partial charge in [-0.3, -0.25) is 9.63 Å². The van der Waals surface area contributed by atoms with E-state index < -0.39 is 28.2 Å². The summed E-state index contributed by atoms with van der Waals surface area (Å²) in [6, 6.07) is 12.0. The number of nitrogens with zero attached hydrogens (tertiary/aromatic N) is 2. The van der Waals surface area contributed by atoms with Crippen LogP contribution >= 0.6 is 0 Å². The molecule has 35 heavy (non-hydrogen) atoms. The molecule has 192 valence electrons. The lowest BCUT2D eigenvalue weighted by Crippen LogP contribution is -2.52. The summed E-state index contributed by atoms with van der Waals surface area (Å²) in [5, 5.41) is 0. The average Bonchev–Trinajstić information content (AvgIpc) is 2.78. The van der Waals surface area contributed by atoms with Crippen LogP contribution in [0.1, 0.15) is 41.3 Å². The number of benzene rings is 2. The second-order valence-corrected chi connectivity index (χ2v) is 11.1. The second kappa shape index (κ2) is 10.7. The van der Waals surface area contributed by atoms with Gasteiger partial charge < -0.3 is 4.90 Å². The quantitative estimate of drug-likeness (QED) is 0.544. The molecule has 0 spiro atoms. The Morgan fingerprint density at radius 2 is 1.71 bits per heavy atom. The van der Waals surface area contributed by atoms with Crippen molar-refractivity contribution < 1.29 is 31.2 Å². The number of hydrogen-bond donors (Lipinski definition) is 1. The molecule has 1 N–H and O–H groups in total. The number of carbonyl (C=O) groups excluding carboxylic acids is 1. The molecule has 1 aliphatic rings. The van der Waals surface area contributed by atoms with Gasteiger partial charge in [0.05, 0.1) is 17.9 Å². The number of hydroxylamine groups is 1. The molecule has 1 saturated heterocycles. The van der Waals surface area contributed by atoms with Crippen LogP contribution in [-0.4, -0.2) is 62.4 Å². The van der Waals surface area contributed by atoms with E-state index in [2.05, 4.69) is 5.48 Å². The van der Waals surface area contributed by atoms with E-state index in [0.717, 1.165) is 5.56 Å². The standard InChI is InChI=1S/C24H30F3N3O4S/c1-23(28-34-17-19-5-4-6-20(15-19)22(31)29(2)3)11-13-30(14-12-23)35(32,33)21-9-7-18(8-10-21)16-24(25,26)27/h4-10,15,28H,11-14,16-17H2,1-3H3. The summed E-state index contributed by atoms with van der Waals surface area (Å²) in [6.45, 7) is 2.66. The Morgan fingerprint density at radius 3 is 2.29 bits per heavy atom. The van der Waals surface area contributed by atoms with E-state index in [0.29, 0.717) is 18.4 Å². The summed E-state index contributed by atoms with van der Waals surface area (Å²) < 4.78 is 64.9. The Labute approximate surface area is 203 Å². The first-order valence-electron chi connectivity index (χ1n) is 11.1. The Morgan fingerprint density at radius 1 is 1.09 bits per heavy atom. The molecule has 2 aromatic rings. The minimum atomic E-state index is -4.35. The topological polar surface area (TPSA) is 79.0 Å². The van der Waals surface area contributed by atoms with Gasteiger partial charge in [0.1, 0.15) is 0 Å². The number of amides is 1. The first-order chi connectivity index (χ1) is 16.3. The van der Waals surface area contributed by atoms with Gasteiger partial charge in [-0.2, -0.15) is 23.0 Å². The first kappa shape index (κ1) is 27.1. The number of halogens is 3. The SMILES string of the molecule is CN(C)C(=O)c1cccc(CONC2(C)CCN(S(=O)(=O)c3ccc(CC(F)(F)F)cc3)CC2)c1. The fourth-order valence-corrected chi connectivity index (χ4v) is 5.27. The van der Waals surface area contributed by atoms with Gasteiger partial charge in [-0.05, 0) is 55.2 Å². The lowest BCUT2D eigenvalue weighted by molar-refractivity contribution is -0.127. The summed E-state index contributed by atoms with van der Waals surface area (Å²) in [5.74, 6) is -0.102. The molecule has 3 rings (SSSR count). The second-order valence-electron chi connectivity index (χ2n) is 9.19. The lowest BCUT2D eigenvalue weighted by atomic mass is 9.92. The summed E-state index contributed by atoms with van der Waals surface area (Å²) in [4.78, 5) is 19.3. The predicted molar refractivity (Wildman–Crippen MR) is 125 cm³/mol. The van der Waals surface area contributed by atoms with Crippen molar-refractivity contribution in [1.82, 2.24) is 14.7 Å². The molecule has 0 saturated carbocycles. The number of hydrogen-bond acceptors (Lipinski definition) is 5. The maximum Gasteiger partial charge on any atom is 0.393 e. The third-order valence-electron chi connectivity index (χ3n) is 5.93. The van der Waals surface area contributed by atoms with E-state index in [9.17, 15) is 26.4 Å². The average molecular weight is 514 g/mol. The van der Waals surface area contributed by atoms with Crippen molar-refractivity contribution >= 4 is 15.9 Å². The van der Waals surface area contributed by atoms with Crippen LogP contribution in [0.4, 0.5) is 13.2 Å². The van der Waals surface area contributed by atoms with E-state index in [-0.39, 0.29) is 36.1 Å². The zero-order chi connectivity index (χ0) is 25.9. The Bertz CT molecular complexity index is 1130. The molecule has 11 heteroatoms. The minimum absolute atomic E-state index is 0.0145. The van der Waals surface area contributed by atoms with Crippen molar-refractivity contribution in [2.24, 2.45) is 0 Å². The normalized spacial score (nSPS) is 16.7. The van der Waals surface area contributed by atoms with Crippen LogP contribution in [0.25, 0.3) is 0 Å². The fourth-order valence-electron chi connectivity index (χ4n) is 3.83. The molecule has 0 aliphatic carbocycles. The number of carbonyl (C=O) groups is 1. The van der Waals surface area contributed by atoms with Crippen LogP contribution in [0.5, 0.6) is 0 Å². The molecule has 2 aromatic carbocycles. The van der Waals surface area contributed by atoms with Crippen molar-refractivity contribution in [1.29, 1.82) is 0 Å². The van der Waals surface area contributed by atoms with Gasteiger partial charge in [0, 0.05) is 38.3 Å². The number of nitrogens with one attached hydrogen (secondary N) is 1. The minimum Gasteiger partial charge on any atom is -0.345 e. The van der Waals surface area contributed by atoms with E-state index in [1.165, 1.54) is 33.5 Å². The van der Waals surface area contributed by atoms with Crippen LogP contribution in [0.3, 0.4) is 0 Å². The summed E-state index contributed by atoms with van der Waals surface area (Å²) >= 11 is 0. The molecule has 0 unspecified atom stereocenters. The van der Waals surface area contributed by atoms with Gasteiger partial charge in [-0.1, -0.05) is 24.3 Å². The van der Waals surface area contributed by atoms with Crippen LogP contribution in [0.15, 0.2) is 53.4 Å². The highest BCUT2D eigenvalue weighted by atomic mass is 32.2. The molecule has 1 aliphatic heterocycles. The number of alkyl halides is 3. The van der Waals surface area contributed by atoms with E-state index in [1.807, 2.05) is 13.0 Å². The summed E-state index contributed by atoms with van der Waals surface area (Å²) in [7, 11) is -0.441. The van der Waals surface area contributed by atoms with Crippen molar-refractivity contribution in [2.45, 2.75) is 49.4 Å². The van der Waals surface area contributed by atoms with Crippen molar-refractivity contribution in [3.05, 3.63) is 65.2 Å². The van der Waals surface area contributed by atoms with Gasteiger partial charge >= 0.3 is 6.18 Å². The largest absolute Gasteiger partial charge is 0.393 e. The summed E-state index contributed by atoms with van der Waals surface area (Å²) in [5.41, 5.74) is 3.98. The third kappa shape index (κ3) is 7.26. The van der Waals surface area contributed by atoms with Crippen LogP contribution in [0.2, 0.25) is 0 Å². The molecule has 1 amide bonds. The molecule has 0 aromatic heterocycles. The van der Waals surface area contributed by atoms with Crippen LogP contribution < -0.4 is 5.48 Å². The van der Waals surface area contributed by atoms with Crippen molar-refractivity contribution in [2.75, 3.05) is 27.2 Å². The highest BCUT2D eigenvalue weighted by molar-refractivity contribution is 7.89. The fraction of sp³-hybridized carbons (Fsp3) is 0.458. The zero-order valence-corrected chi connectivity index (χ0v) is 20.7. The molecule has 1 heterocycles. The molecule has 1 fully saturated rings. The number of sulfonamides is 1. The van der Waals surface area contributed by atoms with Gasteiger partial charge in [-0.15, -0.1) is 0 Å². The van der Waals surface area contributed by atoms with Gasteiger partial charge in [-0.25, -0.2) is 8.42 Å². The third-order valence-corrected chi connectivity index (χ3v) is 7.84. The lowest BCUT2D eigenvalue weighted by Gasteiger charge is -2.38. The molecular formula is C24H30F3N3O4S. The van der Waals surface area contributed by atoms with Crippen molar-refractivity contribution in [3.63, 3.8) is 0 Å². The molecule has 0 radical (unpaired) electrons. The molecule has 0 bridgehead atoms. The van der Waals surface area contributed by atoms with Gasteiger partial charge in [0.25, 0.3) is 5.91 Å².